The number of hydrogen-bond acceptors (Lipinski definition) is 4. The molecule has 23 heavy (non-hydrogen) atoms. The minimum absolute atomic E-state index is 0.0124. The zero-order chi connectivity index (χ0) is 17.3. The Morgan fingerprint density at radius 1 is 1.26 bits per heavy atom. The van der Waals surface area contributed by atoms with Gasteiger partial charge in [0.1, 0.15) is 0 Å². The van der Waals surface area contributed by atoms with Gasteiger partial charge in [0.05, 0.1) is 18.0 Å². The van der Waals surface area contributed by atoms with Crippen molar-refractivity contribution in [2.75, 3.05) is 31.9 Å². The number of hydrogen-bond donors (Lipinski definition) is 2. The Morgan fingerprint density at radius 2 is 1.91 bits per heavy atom. The number of aliphatic imine (C=N–C) groups is 1. The predicted octanol–water partition coefficient (Wildman–Crippen LogP) is 0.910. The van der Waals surface area contributed by atoms with E-state index >= 15 is 0 Å². The molecule has 2 unspecified atom stereocenters. The van der Waals surface area contributed by atoms with E-state index in [0.717, 1.165) is 12.8 Å². The molecule has 1 heterocycles. The number of ether oxygens (including phenoxy) is 1. The van der Waals surface area contributed by atoms with Crippen LogP contribution in [0.4, 0.5) is 0 Å². The van der Waals surface area contributed by atoms with Crippen LogP contribution in [0.5, 0.6) is 0 Å². The Balaban J connectivity index is 2.31. The fourth-order valence-electron chi connectivity index (χ4n) is 2.59. The maximum Gasteiger partial charge on any atom is 0.216 e. The van der Waals surface area contributed by atoms with Crippen molar-refractivity contribution in [2.45, 2.75) is 58.7 Å². The van der Waals surface area contributed by atoms with Crippen LogP contribution in [0, 0.1) is 0 Å². The molecule has 1 aliphatic rings. The molecule has 0 aromatic carbocycles. The maximum atomic E-state index is 12.3. The first-order chi connectivity index (χ1) is 10.8. The lowest BCUT2D eigenvalue weighted by atomic mass is 10.2. The van der Waals surface area contributed by atoms with Gasteiger partial charge in [-0.05, 0) is 20.3 Å². The average Bonchev–Trinajstić information content (AvgIpc) is 2.46. The predicted molar refractivity (Wildman–Crippen MR) is 94.0 cm³/mol. The van der Waals surface area contributed by atoms with Crippen molar-refractivity contribution >= 4 is 16.0 Å². The van der Waals surface area contributed by atoms with Crippen LogP contribution in [0.2, 0.25) is 0 Å². The number of nitrogens with zero attached hydrogens (tertiary/aromatic N) is 2. The lowest BCUT2D eigenvalue weighted by molar-refractivity contribution is -0.0440. The summed E-state index contributed by atoms with van der Waals surface area (Å²) in [6.07, 6.45) is 4.41. The van der Waals surface area contributed by atoms with Gasteiger partial charge in [0.25, 0.3) is 0 Å². The van der Waals surface area contributed by atoms with Crippen LogP contribution in [0.25, 0.3) is 0 Å². The van der Waals surface area contributed by atoms with Gasteiger partial charge < -0.3 is 15.8 Å². The van der Waals surface area contributed by atoms with E-state index < -0.39 is 10.0 Å². The largest absolute Gasteiger partial charge is 0.373 e. The van der Waals surface area contributed by atoms with E-state index in [2.05, 4.69) is 17.2 Å². The minimum atomic E-state index is -3.30. The molecule has 0 spiro atoms. The van der Waals surface area contributed by atoms with Crippen LogP contribution in [0.1, 0.15) is 46.5 Å². The second-order valence-corrected chi connectivity index (χ2v) is 8.23. The van der Waals surface area contributed by atoms with Gasteiger partial charge >= 0.3 is 0 Å². The molecule has 2 atom stereocenters. The van der Waals surface area contributed by atoms with Crippen LogP contribution >= 0.6 is 0 Å². The van der Waals surface area contributed by atoms with Crippen LogP contribution in [0.15, 0.2) is 4.99 Å². The molecular formula is C15H32N4O3S. The number of sulfonamides is 1. The van der Waals surface area contributed by atoms with Crippen LogP contribution < -0.4 is 11.1 Å². The van der Waals surface area contributed by atoms with Crippen LogP contribution in [-0.4, -0.2) is 62.8 Å². The van der Waals surface area contributed by atoms with Gasteiger partial charge in [-0.1, -0.05) is 26.2 Å². The Hall–Kier alpha value is -0.860. The van der Waals surface area contributed by atoms with Crippen molar-refractivity contribution in [2.24, 2.45) is 10.7 Å². The van der Waals surface area contributed by atoms with E-state index in [9.17, 15) is 8.42 Å². The first kappa shape index (κ1) is 20.2. The molecule has 0 radical (unpaired) electrons. The first-order valence-electron chi connectivity index (χ1n) is 8.52. The fraction of sp³-hybridized carbons (Fsp3) is 0.933. The maximum absolute atomic E-state index is 12.3. The van der Waals surface area contributed by atoms with Gasteiger partial charge in [0.15, 0.2) is 5.96 Å². The number of morpholine rings is 1. The second kappa shape index (κ2) is 10.1. The summed E-state index contributed by atoms with van der Waals surface area (Å²) >= 11 is 0. The number of rotatable bonds is 9. The summed E-state index contributed by atoms with van der Waals surface area (Å²) in [6.45, 7) is 7.72. The SMILES string of the molecule is CCCCCCN=C(N)NCCS(=O)(=O)N1CC(C)OC(C)C1. The number of nitrogens with two attached hydrogens (primary N) is 1. The van der Waals surface area contributed by atoms with Crippen molar-refractivity contribution in [3.63, 3.8) is 0 Å². The molecule has 1 saturated heterocycles. The van der Waals surface area contributed by atoms with E-state index in [1.165, 1.54) is 17.1 Å². The first-order valence-corrected chi connectivity index (χ1v) is 10.1. The Bertz CT molecular complexity index is 457. The molecular weight excluding hydrogens is 316 g/mol. The summed E-state index contributed by atoms with van der Waals surface area (Å²) in [7, 11) is -3.30. The van der Waals surface area contributed by atoms with Crippen molar-refractivity contribution < 1.29 is 13.2 Å². The molecule has 1 aliphatic heterocycles. The summed E-state index contributed by atoms with van der Waals surface area (Å²) in [5.41, 5.74) is 5.75. The highest BCUT2D eigenvalue weighted by molar-refractivity contribution is 7.89. The number of unbranched alkanes of at least 4 members (excludes halogenated alkanes) is 3. The summed E-state index contributed by atoms with van der Waals surface area (Å²) in [5, 5.41) is 2.88. The van der Waals surface area contributed by atoms with E-state index in [0.29, 0.717) is 25.6 Å². The highest BCUT2D eigenvalue weighted by Crippen LogP contribution is 2.14. The smallest absolute Gasteiger partial charge is 0.216 e. The molecule has 136 valence electrons. The normalized spacial score (nSPS) is 23.9. The highest BCUT2D eigenvalue weighted by Gasteiger charge is 2.30. The summed E-state index contributed by atoms with van der Waals surface area (Å²) < 4.78 is 31.8. The van der Waals surface area contributed by atoms with Gasteiger partial charge in [-0.15, -0.1) is 0 Å². The molecule has 8 heteroatoms. The third-order valence-corrected chi connectivity index (χ3v) is 5.54. The summed E-state index contributed by atoms with van der Waals surface area (Å²) in [6, 6.07) is 0. The van der Waals surface area contributed by atoms with Gasteiger partial charge in [-0.3, -0.25) is 4.99 Å². The number of guanidine groups is 1. The number of nitrogens with one attached hydrogen (secondary N) is 1. The standard InChI is InChI=1S/C15H32N4O3S/c1-4-5-6-7-8-17-15(16)18-9-10-23(20,21)19-11-13(2)22-14(3)12-19/h13-14H,4-12H2,1-3H3,(H3,16,17,18). The molecule has 0 bridgehead atoms. The van der Waals surface area contributed by atoms with Gasteiger partial charge in [0, 0.05) is 26.2 Å². The fourth-order valence-corrected chi connectivity index (χ4v) is 4.08. The van der Waals surface area contributed by atoms with Crippen molar-refractivity contribution in [1.29, 1.82) is 0 Å². The Kier molecular flexibility index (Phi) is 8.86. The van der Waals surface area contributed by atoms with Crippen LogP contribution in [0.3, 0.4) is 0 Å². The quantitative estimate of drug-likeness (QED) is 0.367. The lowest BCUT2D eigenvalue weighted by Crippen LogP contribution is -2.50. The second-order valence-electron chi connectivity index (χ2n) is 6.14. The zero-order valence-electron chi connectivity index (χ0n) is 14.6. The molecule has 1 rings (SSSR count). The Labute approximate surface area is 140 Å². The van der Waals surface area contributed by atoms with Crippen molar-refractivity contribution in [1.82, 2.24) is 9.62 Å². The van der Waals surface area contributed by atoms with E-state index in [4.69, 9.17) is 10.5 Å². The molecule has 1 fully saturated rings. The van der Waals surface area contributed by atoms with E-state index in [-0.39, 0.29) is 24.5 Å². The third kappa shape index (κ3) is 7.99. The minimum Gasteiger partial charge on any atom is -0.373 e. The van der Waals surface area contributed by atoms with E-state index in [1.54, 1.807) is 0 Å². The molecule has 3 N–H and O–H groups in total. The zero-order valence-corrected chi connectivity index (χ0v) is 15.4. The van der Waals surface area contributed by atoms with Crippen molar-refractivity contribution in [3.05, 3.63) is 0 Å². The lowest BCUT2D eigenvalue weighted by Gasteiger charge is -2.34. The monoisotopic (exact) mass is 348 g/mol. The Morgan fingerprint density at radius 3 is 2.52 bits per heavy atom. The third-order valence-electron chi connectivity index (χ3n) is 3.74. The highest BCUT2D eigenvalue weighted by atomic mass is 32.2. The topological polar surface area (TPSA) is 97.0 Å². The average molecular weight is 349 g/mol. The molecule has 0 saturated carbocycles. The van der Waals surface area contributed by atoms with Gasteiger partial charge in [-0.25, -0.2) is 8.42 Å². The molecule has 0 aliphatic carbocycles. The van der Waals surface area contributed by atoms with Gasteiger partial charge in [-0.2, -0.15) is 4.31 Å². The molecule has 0 aromatic rings. The van der Waals surface area contributed by atoms with E-state index in [1.807, 2.05) is 13.8 Å². The molecule has 0 amide bonds. The summed E-state index contributed by atoms with van der Waals surface area (Å²) in [5.74, 6) is 0.332. The van der Waals surface area contributed by atoms with Gasteiger partial charge in [0.2, 0.25) is 10.0 Å². The summed E-state index contributed by atoms with van der Waals surface area (Å²) in [4.78, 5) is 4.21. The van der Waals surface area contributed by atoms with Crippen molar-refractivity contribution in [3.8, 4) is 0 Å². The molecule has 7 nitrogen and oxygen atoms in total. The molecule has 0 aromatic heterocycles. The van der Waals surface area contributed by atoms with Crippen LogP contribution in [-0.2, 0) is 14.8 Å².